The fraction of sp³-hybridized carbons (Fsp3) is 0.412. The molecule has 2 rings (SSSR count). The highest BCUT2D eigenvalue weighted by atomic mass is 16.3. The van der Waals surface area contributed by atoms with E-state index in [0.717, 1.165) is 49.9 Å². The predicted octanol–water partition coefficient (Wildman–Crippen LogP) is -0.482. The van der Waals surface area contributed by atoms with Gasteiger partial charge in [0.2, 0.25) is 35.4 Å². The molecule has 6 amide bonds. The van der Waals surface area contributed by atoms with E-state index in [2.05, 4.69) is 44.1 Å². The smallest absolute Gasteiger partial charge is 0.247 e. The number of amides is 6. The Bertz CT molecular complexity index is 1340. The van der Waals surface area contributed by atoms with E-state index in [1.54, 1.807) is 49.4 Å². The summed E-state index contributed by atoms with van der Waals surface area (Å²) in [5.41, 5.74) is 6.56. The lowest BCUT2D eigenvalue weighted by Crippen LogP contribution is -2.58. The van der Waals surface area contributed by atoms with Crippen molar-refractivity contribution in [3.63, 3.8) is 0 Å². The molecule has 14 heteroatoms. The normalized spacial score (nSPS) is 20.4. The van der Waals surface area contributed by atoms with Gasteiger partial charge in [-0.05, 0) is 44.6 Å². The summed E-state index contributed by atoms with van der Waals surface area (Å²) in [6.07, 6.45) is 17.1. The first-order chi connectivity index (χ1) is 23.0. The van der Waals surface area contributed by atoms with Crippen molar-refractivity contribution >= 4 is 35.4 Å². The third-order valence-corrected chi connectivity index (χ3v) is 6.92. The van der Waals surface area contributed by atoms with E-state index in [9.17, 15) is 33.9 Å². The summed E-state index contributed by atoms with van der Waals surface area (Å²) < 4.78 is 0. The van der Waals surface area contributed by atoms with Crippen molar-refractivity contribution in [1.29, 1.82) is 0 Å². The molecule has 0 unspecified atom stereocenters. The molecule has 14 nitrogen and oxygen atoms in total. The molecule has 1 aliphatic rings. The van der Waals surface area contributed by atoms with Gasteiger partial charge in [0.25, 0.3) is 0 Å². The predicted molar refractivity (Wildman–Crippen MR) is 180 cm³/mol. The van der Waals surface area contributed by atoms with Gasteiger partial charge >= 0.3 is 0 Å². The van der Waals surface area contributed by atoms with Crippen LogP contribution >= 0.6 is 0 Å². The summed E-state index contributed by atoms with van der Waals surface area (Å²) >= 11 is 0. The fourth-order valence-corrected chi connectivity index (χ4v) is 4.26. The first kappa shape index (κ1) is 39.1. The average Bonchev–Trinajstić information content (AvgIpc) is 3.06. The van der Waals surface area contributed by atoms with E-state index in [1.807, 2.05) is 6.08 Å². The van der Waals surface area contributed by atoms with Gasteiger partial charge in [-0.25, -0.2) is 0 Å². The molecule has 260 valence electrons. The number of nitrogens with one attached hydrogen (secondary N) is 6. The Balaban J connectivity index is 1.90. The van der Waals surface area contributed by atoms with Crippen LogP contribution in [-0.2, 0) is 35.2 Å². The molecule has 9 N–H and O–H groups in total. The largest absolute Gasteiger partial charge is 0.393 e. The Morgan fingerprint density at radius 2 is 1.62 bits per heavy atom. The number of aliphatic hydroxyl groups excluding tert-OH is 1. The van der Waals surface area contributed by atoms with Gasteiger partial charge in [-0.3, -0.25) is 28.8 Å². The first-order valence-electron chi connectivity index (χ1n) is 15.9. The molecule has 0 radical (unpaired) electrons. The molecular weight excluding hydrogens is 618 g/mol. The molecule has 0 bridgehead atoms. The molecule has 1 aliphatic heterocycles. The van der Waals surface area contributed by atoms with Gasteiger partial charge in [-0.15, -0.1) is 0 Å². The number of hydrogen-bond donors (Lipinski definition) is 8. The molecule has 1 aromatic carbocycles. The van der Waals surface area contributed by atoms with Crippen LogP contribution in [0.25, 0.3) is 0 Å². The van der Waals surface area contributed by atoms with Crippen LogP contribution in [0.4, 0.5) is 0 Å². The third kappa shape index (κ3) is 17.0. The highest BCUT2D eigenvalue weighted by Gasteiger charge is 2.29. The van der Waals surface area contributed by atoms with Gasteiger partial charge in [-0.2, -0.15) is 0 Å². The van der Waals surface area contributed by atoms with Crippen molar-refractivity contribution in [2.45, 2.75) is 69.7 Å². The topological polar surface area (TPSA) is 221 Å². The van der Waals surface area contributed by atoms with Crippen LogP contribution < -0.4 is 37.6 Å². The number of hydrogen-bond acceptors (Lipinski definition) is 8. The zero-order valence-electron chi connectivity index (χ0n) is 27.2. The number of carbonyl (C=O) groups excluding carboxylic acids is 6. The molecular formula is C34H47N7O7. The highest BCUT2D eigenvalue weighted by Crippen LogP contribution is 2.05. The Morgan fingerprint density at radius 1 is 0.896 bits per heavy atom. The molecule has 0 spiro atoms. The number of nitrogens with two attached hydrogens (primary N) is 1. The number of benzene rings is 1. The molecule has 0 saturated carbocycles. The maximum Gasteiger partial charge on any atom is 0.247 e. The number of rotatable bonds is 15. The van der Waals surface area contributed by atoms with Gasteiger partial charge < -0.3 is 42.7 Å². The van der Waals surface area contributed by atoms with E-state index in [-0.39, 0.29) is 25.6 Å². The van der Waals surface area contributed by atoms with Gasteiger partial charge in [-0.1, -0.05) is 60.7 Å². The number of unbranched alkanes of at least 4 members (excludes halogenated alkanes) is 2. The van der Waals surface area contributed by atoms with Crippen molar-refractivity contribution < 1.29 is 33.9 Å². The Hall–Kier alpha value is -5.08. The average molecular weight is 666 g/mol. The first-order valence-corrected chi connectivity index (χ1v) is 15.9. The van der Waals surface area contributed by atoms with E-state index in [1.165, 1.54) is 6.08 Å². The van der Waals surface area contributed by atoms with E-state index >= 15 is 0 Å². The molecule has 48 heavy (non-hydrogen) atoms. The number of allylic oxidation sites excluding steroid dienone is 5. The molecule has 1 saturated heterocycles. The third-order valence-electron chi connectivity index (χ3n) is 6.92. The minimum Gasteiger partial charge on any atom is -0.393 e. The van der Waals surface area contributed by atoms with Crippen LogP contribution in [0.15, 0.2) is 79.1 Å². The van der Waals surface area contributed by atoms with E-state index < -0.39 is 60.1 Å². The molecule has 0 aromatic heterocycles. The van der Waals surface area contributed by atoms with Crippen LogP contribution in [0, 0.1) is 0 Å². The Kier molecular flexibility index (Phi) is 18.3. The van der Waals surface area contributed by atoms with Crippen molar-refractivity contribution in [3.8, 4) is 0 Å². The highest BCUT2D eigenvalue weighted by molar-refractivity contribution is 5.95. The molecule has 1 fully saturated rings. The second kappa shape index (κ2) is 22.4. The summed E-state index contributed by atoms with van der Waals surface area (Å²) in [6.45, 7) is 0.728. The Labute approximate surface area is 280 Å². The van der Waals surface area contributed by atoms with E-state index in [0.29, 0.717) is 0 Å². The van der Waals surface area contributed by atoms with Gasteiger partial charge in [0.05, 0.1) is 12.6 Å². The fourth-order valence-electron chi connectivity index (χ4n) is 4.26. The molecule has 0 aliphatic carbocycles. The van der Waals surface area contributed by atoms with E-state index in [4.69, 9.17) is 5.73 Å². The molecule has 4 atom stereocenters. The standard InChI is InChI=1S/C34H47N7O7/c1-24(42)14-10-7-5-3-2-4-6-8-13-17-29(43)36-19-18-30(44)37-22-28-33(47)38-21-26(35)32(46)39-23-31(45)40-27(34(48)41-28)20-25-15-11-9-12-16-25/h5-9,11-13,15-19,24,26-28,42H,2-4,10,14,20-23,35H2,1H3,(H,36,43)(H,37,44)(H,38,47)(H,39,46)(H,40,45)(H,41,48)/b7-5+,8-6+,17-13+,19-18+/t24-,26+,27+,28-/m1/s1. The minimum absolute atomic E-state index is 0.100. The molecule has 1 heterocycles. The van der Waals surface area contributed by atoms with Crippen molar-refractivity contribution in [2.24, 2.45) is 5.73 Å². The van der Waals surface area contributed by atoms with Crippen LogP contribution in [0.5, 0.6) is 0 Å². The van der Waals surface area contributed by atoms with Crippen LogP contribution in [0.1, 0.15) is 44.6 Å². The van der Waals surface area contributed by atoms with Crippen molar-refractivity contribution in [3.05, 3.63) is 84.6 Å². The van der Waals surface area contributed by atoms with Gasteiger partial charge in [0, 0.05) is 37.9 Å². The quantitative estimate of drug-likeness (QED) is 0.0528. The maximum atomic E-state index is 13.3. The minimum atomic E-state index is -1.28. The lowest BCUT2D eigenvalue weighted by Gasteiger charge is -2.23. The summed E-state index contributed by atoms with van der Waals surface area (Å²) in [6, 6.07) is 5.36. The number of aliphatic hydroxyl groups is 1. The lowest BCUT2D eigenvalue weighted by molar-refractivity contribution is -0.132. The summed E-state index contributed by atoms with van der Waals surface area (Å²) in [5, 5.41) is 24.1. The van der Waals surface area contributed by atoms with Crippen LogP contribution in [0.2, 0.25) is 0 Å². The SMILES string of the molecule is C[C@@H](O)CC/C=C/CCC/C=C/C=C/C(=O)N/C=C/C(=O)NC[C@H]1NC(=O)[C@H](Cc2ccccc2)NC(=O)CNC(=O)[C@@H](N)CNC1=O. The Morgan fingerprint density at radius 3 is 2.38 bits per heavy atom. The van der Waals surface area contributed by atoms with Crippen LogP contribution in [0.3, 0.4) is 0 Å². The van der Waals surface area contributed by atoms with Crippen LogP contribution in [-0.4, -0.2) is 84.4 Å². The zero-order valence-corrected chi connectivity index (χ0v) is 27.2. The number of carbonyl (C=O) groups is 6. The van der Waals surface area contributed by atoms with Crippen molar-refractivity contribution in [2.75, 3.05) is 19.6 Å². The van der Waals surface area contributed by atoms with Gasteiger partial charge in [0.1, 0.15) is 18.1 Å². The molecule has 1 aromatic rings. The summed E-state index contributed by atoms with van der Waals surface area (Å²) in [5.74, 6) is -3.81. The lowest BCUT2D eigenvalue weighted by atomic mass is 10.0. The summed E-state index contributed by atoms with van der Waals surface area (Å²) in [4.78, 5) is 75.4. The van der Waals surface area contributed by atoms with Gasteiger partial charge in [0.15, 0.2) is 0 Å². The van der Waals surface area contributed by atoms with Crippen molar-refractivity contribution in [1.82, 2.24) is 31.9 Å². The second-order valence-corrected chi connectivity index (χ2v) is 11.1. The monoisotopic (exact) mass is 665 g/mol. The maximum absolute atomic E-state index is 13.3. The zero-order chi connectivity index (χ0) is 35.1. The summed E-state index contributed by atoms with van der Waals surface area (Å²) in [7, 11) is 0. The second-order valence-electron chi connectivity index (χ2n) is 11.1.